The van der Waals surface area contributed by atoms with Crippen LogP contribution >= 0.6 is 0 Å². The summed E-state index contributed by atoms with van der Waals surface area (Å²) in [6, 6.07) is 3.16. The number of nitrogens with one attached hydrogen (secondary N) is 1. The zero-order chi connectivity index (χ0) is 13.5. The van der Waals surface area contributed by atoms with E-state index < -0.39 is 5.97 Å². The van der Waals surface area contributed by atoms with E-state index >= 15 is 0 Å². The first-order valence-corrected chi connectivity index (χ1v) is 5.79. The molecule has 0 spiro atoms. The average Bonchev–Trinajstić information content (AvgIpc) is 2.78. The number of carbonyl (C=O) groups is 2. The number of carbonyl (C=O) groups excluding carboxylic acids is 1. The molecule has 1 aromatic heterocycles. The van der Waals surface area contributed by atoms with Crippen LogP contribution in [0.3, 0.4) is 0 Å². The van der Waals surface area contributed by atoms with Gasteiger partial charge in [0.25, 0.3) is 0 Å². The number of amides is 2. The predicted octanol–water partition coefficient (Wildman–Crippen LogP) is 1.67. The Morgan fingerprint density at radius 3 is 2.72 bits per heavy atom. The zero-order valence-electron chi connectivity index (χ0n) is 10.5. The van der Waals surface area contributed by atoms with Crippen LogP contribution < -0.4 is 5.32 Å². The van der Waals surface area contributed by atoms with Crippen LogP contribution in [0, 0.1) is 0 Å². The number of aliphatic carboxylic acids is 1. The molecule has 2 N–H and O–H groups in total. The van der Waals surface area contributed by atoms with Crippen molar-refractivity contribution in [2.75, 3.05) is 6.54 Å². The maximum absolute atomic E-state index is 11.9. The van der Waals surface area contributed by atoms with Gasteiger partial charge in [-0.05, 0) is 26.0 Å². The van der Waals surface area contributed by atoms with Crippen LogP contribution in [0.15, 0.2) is 22.8 Å². The van der Waals surface area contributed by atoms with E-state index in [1.54, 1.807) is 12.1 Å². The lowest BCUT2D eigenvalue weighted by atomic mass is 10.3. The molecule has 6 heteroatoms. The summed E-state index contributed by atoms with van der Waals surface area (Å²) in [4.78, 5) is 23.9. The smallest absolute Gasteiger partial charge is 0.318 e. The Balaban J connectivity index is 2.46. The van der Waals surface area contributed by atoms with Gasteiger partial charge in [0, 0.05) is 12.6 Å². The number of carboxylic acids is 1. The van der Waals surface area contributed by atoms with Gasteiger partial charge in [-0.2, -0.15) is 0 Å². The van der Waals surface area contributed by atoms with Crippen molar-refractivity contribution in [3.05, 3.63) is 24.2 Å². The van der Waals surface area contributed by atoms with E-state index in [0.717, 1.165) is 0 Å². The highest BCUT2D eigenvalue weighted by atomic mass is 16.4. The number of hydrogen-bond acceptors (Lipinski definition) is 3. The number of hydrogen-bond donors (Lipinski definition) is 2. The van der Waals surface area contributed by atoms with Gasteiger partial charge in [0.1, 0.15) is 5.76 Å². The average molecular weight is 254 g/mol. The monoisotopic (exact) mass is 254 g/mol. The van der Waals surface area contributed by atoms with Crippen LogP contribution in [0.1, 0.15) is 26.0 Å². The summed E-state index contributed by atoms with van der Waals surface area (Å²) in [7, 11) is 0. The van der Waals surface area contributed by atoms with Crippen molar-refractivity contribution >= 4 is 12.0 Å². The molecule has 0 aromatic carbocycles. The van der Waals surface area contributed by atoms with Crippen molar-refractivity contribution in [2.24, 2.45) is 0 Å². The molecule has 18 heavy (non-hydrogen) atoms. The van der Waals surface area contributed by atoms with Gasteiger partial charge in [0.2, 0.25) is 0 Å². The van der Waals surface area contributed by atoms with Gasteiger partial charge in [0.15, 0.2) is 0 Å². The Labute approximate surface area is 106 Å². The van der Waals surface area contributed by atoms with Gasteiger partial charge in [-0.25, -0.2) is 4.79 Å². The fourth-order valence-electron chi connectivity index (χ4n) is 1.49. The van der Waals surface area contributed by atoms with Gasteiger partial charge >= 0.3 is 12.0 Å². The second kappa shape index (κ2) is 6.68. The maximum atomic E-state index is 11.9. The fraction of sp³-hybridized carbons (Fsp3) is 0.500. The summed E-state index contributed by atoms with van der Waals surface area (Å²) >= 11 is 0. The van der Waals surface area contributed by atoms with Gasteiger partial charge in [0.05, 0.1) is 19.2 Å². The largest absolute Gasteiger partial charge is 0.481 e. The molecule has 0 unspecified atom stereocenters. The van der Waals surface area contributed by atoms with Crippen molar-refractivity contribution in [2.45, 2.75) is 32.9 Å². The third kappa shape index (κ3) is 4.48. The highest BCUT2D eigenvalue weighted by molar-refractivity contribution is 5.75. The molecule has 0 fully saturated rings. The van der Waals surface area contributed by atoms with Gasteiger partial charge < -0.3 is 19.7 Å². The Kier molecular flexibility index (Phi) is 5.23. The number of carboxylic acid groups (broad SMARTS) is 1. The van der Waals surface area contributed by atoms with Crippen LogP contribution in [0.4, 0.5) is 4.79 Å². The van der Waals surface area contributed by atoms with Crippen LogP contribution in [-0.4, -0.2) is 34.6 Å². The molecule has 1 heterocycles. The minimum Gasteiger partial charge on any atom is -0.481 e. The first-order chi connectivity index (χ1) is 8.50. The third-order valence-corrected chi connectivity index (χ3v) is 2.44. The van der Waals surface area contributed by atoms with Crippen molar-refractivity contribution in [3.8, 4) is 0 Å². The van der Waals surface area contributed by atoms with E-state index in [1.807, 2.05) is 13.8 Å². The molecular formula is C12H18N2O4. The van der Waals surface area contributed by atoms with Crippen LogP contribution in [0.5, 0.6) is 0 Å². The molecule has 0 saturated carbocycles. The molecule has 1 rings (SSSR count). The molecule has 0 bridgehead atoms. The molecule has 0 atom stereocenters. The number of urea groups is 1. The lowest BCUT2D eigenvalue weighted by Crippen LogP contribution is -2.44. The highest BCUT2D eigenvalue weighted by Crippen LogP contribution is 2.03. The van der Waals surface area contributed by atoms with E-state index in [2.05, 4.69) is 5.32 Å². The summed E-state index contributed by atoms with van der Waals surface area (Å²) in [6.07, 6.45) is 1.47. The standard InChI is InChI=1S/C12H18N2O4/c1-9(2)14(6-5-11(15)16)12(17)13-8-10-4-3-7-18-10/h3-4,7,9H,5-6,8H2,1-2H3,(H,13,17)(H,15,16). The Hall–Kier alpha value is -1.98. The SMILES string of the molecule is CC(C)N(CCC(=O)O)C(=O)NCc1ccco1. The summed E-state index contributed by atoms with van der Waals surface area (Å²) in [6.45, 7) is 4.17. The summed E-state index contributed by atoms with van der Waals surface area (Å²) < 4.78 is 5.09. The molecule has 0 aliphatic rings. The first kappa shape index (κ1) is 14.1. The summed E-state index contributed by atoms with van der Waals surface area (Å²) in [5.41, 5.74) is 0. The third-order valence-electron chi connectivity index (χ3n) is 2.44. The number of furan rings is 1. The Bertz CT molecular complexity index is 387. The van der Waals surface area contributed by atoms with Crippen molar-refractivity contribution < 1.29 is 19.1 Å². The van der Waals surface area contributed by atoms with Crippen molar-refractivity contribution in [1.82, 2.24) is 10.2 Å². The second-order valence-electron chi connectivity index (χ2n) is 4.17. The van der Waals surface area contributed by atoms with Gasteiger partial charge in [-0.15, -0.1) is 0 Å². The summed E-state index contributed by atoms with van der Waals surface area (Å²) in [5, 5.41) is 11.3. The first-order valence-electron chi connectivity index (χ1n) is 5.79. The lowest BCUT2D eigenvalue weighted by molar-refractivity contribution is -0.137. The second-order valence-corrected chi connectivity index (χ2v) is 4.17. The van der Waals surface area contributed by atoms with Gasteiger partial charge in [-0.3, -0.25) is 4.79 Å². The lowest BCUT2D eigenvalue weighted by Gasteiger charge is -2.26. The Morgan fingerprint density at radius 1 is 1.50 bits per heavy atom. The molecule has 100 valence electrons. The molecule has 0 radical (unpaired) electrons. The molecule has 0 aliphatic carbocycles. The predicted molar refractivity (Wildman–Crippen MR) is 65.0 cm³/mol. The Morgan fingerprint density at radius 2 is 2.22 bits per heavy atom. The minimum atomic E-state index is -0.917. The van der Waals surface area contributed by atoms with Crippen molar-refractivity contribution in [3.63, 3.8) is 0 Å². The van der Waals surface area contributed by atoms with E-state index in [-0.39, 0.29) is 25.0 Å². The van der Waals surface area contributed by atoms with E-state index in [4.69, 9.17) is 9.52 Å². The van der Waals surface area contributed by atoms with Crippen LogP contribution in [0.2, 0.25) is 0 Å². The molecule has 0 saturated heterocycles. The van der Waals surface area contributed by atoms with Crippen LogP contribution in [-0.2, 0) is 11.3 Å². The molecule has 0 aliphatic heterocycles. The van der Waals surface area contributed by atoms with E-state index in [1.165, 1.54) is 11.2 Å². The quantitative estimate of drug-likeness (QED) is 0.809. The molecule has 6 nitrogen and oxygen atoms in total. The number of nitrogens with zero attached hydrogens (tertiary/aromatic N) is 1. The molecule has 1 aromatic rings. The number of rotatable bonds is 6. The zero-order valence-corrected chi connectivity index (χ0v) is 10.5. The molecule has 2 amide bonds. The van der Waals surface area contributed by atoms with E-state index in [0.29, 0.717) is 12.3 Å². The normalized spacial score (nSPS) is 10.4. The highest BCUT2D eigenvalue weighted by Gasteiger charge is 2.17. The minimum absolute atomic E-state index is 0.0547. The summed E-state index contributed by atoms with van der Waals surface area (Å²) in [5.74, 6) is -0.259. The fourth-order valence-corrected chi connectivity index (χ4v) is 1.49. The van der Waals surface area contributed by atoms with E-state index in [9.17, 15) is 9.59 Å². The van der Waals surface area contributed by atoms with Gasteiger partial charge in [-0.1, -0.05) is 0 Å². The van der Waals surface area contributed by atoms with Crippen LogP contribution in [0.25, 0.3) is 0 Å². The molecular weight excluding hydrogens is 236 g/mol. The van der Waals surface area contributed by atoms with Crippen molar-refractivity contribution in [1.29, 1.82) is 0 Å². The topological polar surface area (TPSA) is 82.8 Å². The maximum Gasteiger partial charge on any atom is 0.318 e.